The van der Waals surface area contributed by atoms with Gasteiger partial charge in [0.25, 0.3) is 0 Å². The molecule has 0 saturated carbocycles. The Balaban J connectivity index is 1.13. The Morgan fingerprint density at radius 2 is 1.06 bits per heavy atom. The number of hydrogen-bond acceptors (Lipinski definition) is 1. The zero-order valence-electron chi connectivity index (χ0n) is 27.1. The van der Waals surface area contributed by atoms with Gasteiger partial charge in [-0.1, -0.05) is 98.8 Å². The van der Waals surface area contributed by atoms with Crippen molar-refractivity contribution in [2.75, 3.05) is 4.90 Å². The molecule has 0 bridgehead atoms. The SMILES string of the molecule is CC1(C)c2cc(N(c3ccccc3)c3ccc(-c4ccccc4)cc3)ccc2-c2ccc(-n3c4c(c5c3C=CCC5)CCC=C4)cc21. The maximum Gasteiger partial charge on any atom is 0.0494 e. The van der Waals surface area contributed by atoms with Crippen LogP contribution >= 0.6 is 0 Å². The second-order valence-electron chi connectivity index (χ2n) is 13.6. The van der Waals surface area contributed by atoms with Crippen LogP contribution in [0.2, 0.25) is 0 Å². The van der Waals surface area contributed by atoms with E-state index >= 15 is 0 Å². The molecule has 0 spiro atoms. The van der Waals surface area contributed by atoms with E-state index in [-0.39, 0.29) is 5.41 Å². The van der Waals surface area contributed by atoms with E-state index in [1.54, 1.807) is 11.1 Å². The van der Waals surface area contributed by atoms with Gasteiger partial charge in [0.05, 0.1) is 0 Å². The number of anilines is 3. The van der Waals surface area contributed by atoms with Crippen LogP contribution in [-0.2, 0) is 18.3 Å². The summed E-state index contributed by atoms with van der Waals surface area (Å²) in [7, 11) is 0. The van der Waals surface area contributed by atoms with Gasteiger partial charge in [0.1, 0.15) is 0 Å². The lowest BCUT2D eigenvalue weighted by Crippen LogP contribution is -2.17. The van der Waals surface area contributed by atoms with E-state index in [0.717, 1.165) is 37.1 Å². The zero-order valence-corrected chi connectivity index (χ0v) is 27.1. The molecule has 0 atom stereocenters. The Bertz CT molecular complexity index is 2160. The fourth-order valence-electron chi connectivity index (χ4n) is 8.19. The maximum absolute atomic E-state index is 2.52. The van der Waals surface area contributed by atoms with Crippen LogP contribution in [-0.4, -0.2) is 4.57 Å². The number of fused-ring (bicyclic) bond motifs is 6. The molecule has 0 amide bonds. The van der Waals surface area contributed by atoms with Gasteiger partial charge in [-0.25, -0.2) is 0 Å². The quantitative estimate of drug-likeness (QED) is 0.189. The summed E-state index contributed by atoms with van der Waals surface area (Å²) in [6, 6.07) is 44.5. The third-order valence-electron chi connectivity index (χ3n) is 10.5. The Morgan fingerprint density at radius 1 is 0.532 bits per heavy atom. The molecule has 6 aromatic rings. The molecular formula is C45H38N2. The molecule has 3 aliphatic carbocycles. The van der Waals surface area contributed by atoms with Crippen molar-refractivity contribution in [2.45, 2.75) is 44.9 Å². The largest absolute Gasteiger partial charge is 0.310 e. The third-order valence-corrected chi connectivity index (χ3v) is 10.5. The number of aromatic nitrogens is 1. The van der Waals surface area contributed by atoms with Gasteiger partial charge in [-0.05, 0) is 131 Å². The van der Waals surface area contributed by atoms with Crippen molar-refractivity contribution in [3.05, 3.63) is 167 Å². The number of allylic oxidation sites excluding steroid dienone is 2. The molecule has 0 aliphatic heterocycles. The van der Waals surface area contributed by atoms with Gasteiger partial charge in [-0.2, -0.15) is 0 Å². The first-order chi connectivity index (χ1) is 23.1. The summed E-state index contributed by atoms with van der Waals surface area (Å²) in [5.74, 6) is 0. The molecule has 1 heterocycles. The summed E-state index contributed by atoms with van der Waals surface area (Å²) in [5, 5.41) is 0. The fourth-order valence-corrected chi connectivity index (χ4v) is 8.19. The van der Waals surface area contributed by atoms with E-state index in [1.807, 2.05) is 0 Å². The molecule has 2 nitrogen and oxygen atoms in total. The first-order valence-electron chi connectivity index (χ1n) is 17.0. The molecule has 5 aromatic carbocycles. The van der Waals surface area contributed by atoms with Gasteiger partial charge in [0.2, 0.25) is 0 Å². The summed E-state index contributed by atoms with van der Waals surface area (Å²) < 4.78 is 2.52. The Hall–Kier alpha value is -5.34. The number of benzene rings is 5. The number of rotatable bonds is 5. The highest BCUT2D eigenvalue weighted by Gasteiger charge is 2.37. The van der Waals surface area contributed by atoms with Crippen LogP contribution in [0.4, 0.5) is 17.1 Å². The summed E-state index contributed by atoms with van der Waals surface area (Å²) in [6.45, 7) is 4.79. The van der Waals surface area contributed by atoms with Crippen LogP contribution in [0, 0.1) is 0 Å². The van der Waals surface area contributed by atoms with Gasteiger partial charge in [-0.15, -0.1) is 0 Å². The summed E-state index contributed by atoms with van der Waals surface area (Å²) in [4.78, 5) is 2.39. The van der Waals surface area contributed by atoms with E-state index in [9.17, 15) is 0 Å². The predicted molar refractivity (Wildman–Crippen MR) is 198 cm³/mol. The van der Waals surface area contributed by atoms with Crippen molar-refractivity contribution in [1.29, 1.82) is 0 Å². The highest BCUT2D eigenvalue weighted by atomic mass is 15.1. The Kier molecular flexibility index (Phi) is 6.47. The van der Waals surface area contributed by atoms with Gasteiger partial charge in [0, 0.05) is 39.6 Å². The average Bonchev–Trinajstić information content (AvgIpc) is 3.58. The van der Waals surface area contributed by atoms with Crippen molar-refractivity contribution in [1.82, 2.24) is 4.57 Å². The zero-order chi connectivity index (χ0) is 31.5. The average molecular weight is 607 g/mol. The highest BCUT2D eigenvalue weighted by Crippen LogP contribution is 2.51. The third kappa shape index (κ3) is 4.47. The molecule has 2 heteroatoms. The van der Waals surface area contributed by atoms with Gasteiger partial charge in [0.15, 0.2) is 0 Å². The molecule has 47 heavy (non-hydrogen) atoms. The highest BCUT2D eigenvalue weighted by molar-refractivity contribution is 5.87. The molecule has 0 saturated heterocycles. The number of para-hydroxylation sites is 1. The molecule has 1 aromatic heterocycles. The summed E-state index contributed by atoms with van der Waals surface area (Å²) in [5.41, 5.74) is 18.4. The summed E-state index contributed by atoms with van der Waals surface area (Å²) in [6.07, 6.45) is 14.0. The minimum Gasteiger partial charge on any atom is -0.310 e. The second kappa shape index (κ2) is 10.9. The van der Waals surface area contributed by atoms with Gasteiger partial charge < -0.3 is 9.47 Å². The molecule has 228 valence electrons. The van der Waals surface area contributed by atoms with E-state index in [4.69, 9.17) is 0 Å². The molecule has 9 rings (SSSR count). The van der Waals surface area contributed by atoms with Crippen LogP contribution < -0.4 is 4.90 Å². The molecule has 0 fully saturated rings. The maximum atomic E-state index is 2.52. The number of hydrogen-bond donors (Lipinski definition) is 0. The number of nitrogens with zero attached hydrogens (tertiary/aromatic N) is 2. The molecule has 0 unspecified atom stereocenters. The van der Waals surface area contributed by atoms with Gasteiger partial charge in [-0.3, -0.25) is 0 Å². The van der Waals surface area contributed by atoms with Crippen LogP contribution in [0.3, 0.4) is 0 Å². The lowest BCUT2D eigenvalue weighted by atomic mass is 9.82. The van der Waals surface area contributed by atoms with Crippen LogP contribution in [0.15, 0.2) is 133 Å². The predicted octanol–water partition coefficient (Wildman–Crippen LogP) is 11.8. The minimum absolute atomic E-state index is 0.144. The monoisotopic (exact) mass is 606 g/mol. The second-order valence-corrected chi connectivity index (χ2v) is 13.6. The molecule has 0 N–H and O–H groups in total. The van der Waals surface area contributed by atoms with Crippen LogP contribution in [0.1, 0.15) is 60.3 Å². The van der Waals surface area contributed by atoms with E-state index < -0.39 is 0 Å². The topological polar surface area (TPSA) is 8.17 Å². The minimum atomic E-state index is -0.144. The van der Waals surface area contributed by atoms with Crippen molar-refractivity contribution in [2.24, 2.45) is 0 Å². The molecular weight excluding hydrogens is 569 g/mol. The first-order valence-corrected chi connectivity index (χ1v) is 17.0. The lowest BCUT2D eigenvalue weighted by molar-refractivity contribution is 0.659. The van der Waals surface area contributed by atoms with Crippen LogP contribution in [0.25, 0.3) is 40.1 Å². The van der Waals surface area contributed by atoms with E-state index in [1.165, 1.54) is 56.1 Å². The normalized spacial score (nSPS) is 15.1. The van der Waals surface area contributed by atoms with Crippen LogP contribution in [0.5, 0.6) is 0 Å². The van der Waals surface area contributed by atoms with E-state index in [0.29, 0.717) is 0 Å². The lowest BCUT2D eigenvalue weighted by Gasteiger charge is -2.28. The van der Waals surface area contributed by atoms with Crippen molar-refractivity contribution in [3.63, 3.8) is 0 Å². The van der Waals surface area contributed by atoms with Gasteiger partial charge >= 0.3 is 0 Å². The summed E-state index contributed by atoms with van der Waals surface area (Å²) >= 11 is 0. The first kappa shape index (κ1) is 27.9. The Labute approximate surface area is 278 Å². The van der Waals surface area contributed by atoms with Crippen molar-refractivity contribution < 1.29 is 0 Å². The van der Waals surface area contributed by atoms with E-state index in [2.05, 4.69) is 169 Å². The molecule has 3 aliphatic rings. The van der Waals surface area contributed by atoms with Crippen molar-refractivity contribution >= 4 is 29.2 Å². The smallest absolute Gasteiger partial charge is 0.0494 e. The fraction of sp³-hybridized carbons (Fsp3) is 0.156. The standard InChI is InChI=1S/C45H38N2/c1-45(2)41-29-35(46(33-15-7-4-8-16-33)34-23-21-32(22-24-34)31-13-5-3-6-14-31)25-27-37(41)38-28-26-36(30-42(38)45)47-43-19-11-9-17-39(43)40-18-10-12-20-44(40)47/h3-8,11-16,19-30H,9-10,17-18H2,1-2H3. The Morgan fingerprint density at radius 3 is 1.72 bits per heavy atom. The molecule has 0 radical (unpaired) electrons. The van der Waals surface area contributed by atoms with Crippen molar-refractivity contribution in [3.8, 4) is 27.9 Å².